The van der Waals surface area contributed by atoms with Crippen LogP contribution in [0.1, 0.15) is 18.1 Å². The first-order valence-electron chi connectivity index (χ1n) is 7.84. The highest BCUT2D eigenvalue weighted by molar-refractivity contribution is 9.10. The van der Waals surface area contributed by atoms with Gasteiger partial charge in [-0.25, -0.2) is 4.90 Å². The van der Waals surface area contributed by atoms with Crippen LogP contribution >= 0.6 is 15.9 Å². The predicted octanol–water partition coefficient (Wildman–Crippen LogP) is 3.59. The van der Waals surface area contributed by atoms with Gasteiger partial charge >= 0.3 is 0 Å². The quantitative estimate of drug-likeness (QED) is 0.553. The predicted molar refractivity (Wildman–Crippen MR) is 98.7 cm³/mol. The maximum atomic E-state index is 13.0. The van der Waals surface area contributed by atoms with Crippen molar-refractivity contribution in [3.8, 4) is 11.5 Å². The van der Waals surface area contributed by atoms with Gasteiger partial charge in [0.05, 0.1) is 18.4 Å². The van der Waals surface area contributed by atoms with E-state index < -0.39 is 5.91 Å². The van der Waals surface area contributed by atoms with Crippen molar-refractivity contribution < 1.29 is 23.8 Å². The minimum atomic E-state index is -0.417. The van der Waals surface area contributed by atoms with Gasteiger partial charge in [-0.2, -0.15) is 0 Å². The molecule has 0 aliphatic carbocycles. The number of imide groups is 1. The normalized spacial score (nSPS) is 16.6. The van der Waals surface area contributed by atoms with Crippen molar-refractivity contribution >= 4 is 44.8 Å². The minimum Gasteiger partial charge on any atom is -0.495 e. The van der Waals surface area contributed by atoms with E-state index in [0.717, 1.165) is 9.37 Å². The van der Waals surface area contributed by atoms with Gasteiger partial charge in [0.2, 0.25) is 12.7 Å². The van der Waals surface area contributed by atoms with Crippen molar-refractivity contribution in [3.63, 3.8) is 0 Å². The van der Waals surface area contributed by atoms with Crippen LogP contribution in [0.15, 0.2) is 40.9 Å². The van der Waals surface area contributed by atoms with Crippen LogP contribution in [-0.4, -0.2) is 25.7 Å². The summed E-state index contributed by atoms with van der Waals surface area (Å²) in [6, 6.07) is 10.7. The van der Waals surface area contributed by atoms with Crippen molar-refractivity contribution in [3.05, 3.63) is 52.0 Å². The molecule has 0 bridgehead atoms. The average molecular weight is 416 g/mol. The lowest BCUT2D eigenvalue weighted by atomic mass is 10.0. The molecule has 2 aliphatic rings. The number of fused-ring (bicyclic) bond motifs is 2. The SMILES string of the molecule is CO/C(=C1/C(=O)N(C(C)=O)c2cc(Br)ccc21)c1ccc2c(c1)OCO2. The van der Waals surface area contributed by atoms with Gasteiger partial charge in [0.25, 0.3) is 5.91 Å². The number of anilines is 1. The van der Waals surface area contributed by atoms with Gasteiger partial charge in [-0.15, -0.1) is 0 Å². The number of methoxy groups -OCH3 is 1. The number of carbonyl (C=O) groups is 2. The second-order valence-corrected chi connectivity index (χ2v) is 6.71. The number of hydrogen-bond donors (Lipinski definition) is 0. The largest absolute Gasteiger partial charge is 0.495 e. The molecule has 2 aromatic rings. The number of nitrogens with zero attached hydrogens (tertiary/aromatic N) is 1. The first kappa shape index (κ1) is 16.7. The lowest BCUT2D eigenvalue weighted by Gasteiger charge is -2.13. The Kier molecular flexibility index (Phi) is 3.96. The standard InChI is InChI=1S/C19H14BrNO5/c1-10(22)21-14-8-12(20)4-5-13(14)17(19(21)23)18(24-2)11-3-6-15-16(7-11)26-9-25-15/h3-8H,9H2,1-2H3/b18-17+. The lowest BCUT2D eigenvalue weighted by molar-refractivity contribution is -0.122. The summed E-state index contributed by atoms with van der Waals surface area (Å²) in [5.74, 6) is 0.829. The smallest absolute Gasteiger partial charge is 0.269 e. The third kappa shape index (κ3) is 2.47. The average Bonchev–Trinajstić information content (AvgIpc) is 3.17. The Bertz CT molecular complexity index is 982. The topological polar surface area (TPSA) is 65.1 Å². The second-order valence-electron chi connectivity index (χ2n) is 5.80. The Morgan fingerprint density at radius 3 is 2.65 bits per heavy atom. The molecule has 0 saturated heterocycles. The number of amides is 2. The fourth-order valence-electron chi connectivity index (χ4n) is 3.17. The van der Waals surface area contributed by atoms with E-state index in [1.807, 2.05) is 6.07 Å². The van der Waals surface area contributed by atoms with Crippen molar-refractivity contribution in [2.24, 2.45) is 0 Å². The lowest BCUT2D eigenvalue weighted by Crippen LogP contribution is -2.31. The molecule has 2 aliphatic heterocycles. The number of hydrogen-bond acceptors (Lipinski definition) is 5. The van der Waals surface area contributed by atoms with Gasteiger partial charge in [-0.05, 0) is 30.3 Å². The van der Waals surface area contributed by atoms with Crippen LogP contribution in [0.25, 0.3) is 11.3 Å². The van der Waals surface area contributed by atoms with Gasteiger partial charge < -0.3 is 14.2 Å². The third-order valence-electron chi connectivity index (χ3n) is 4.27. The van der Waals surface area contributed by atoms with Crippen molar-refractivity contribution in [1.82, 2.24) is 0 Å². The molecule has 0 aromatic heterocycles. The molecule has 0 N–H and O–H groups in total. The van der Waals surface area contributed by atoms with E-state index in [2.05, 4.69) is 15.9 Å². The highest BCUT2D eigenvalue weighted by atomic mass is 79.9. The maximum Gasteiger partial charge on any atom is 0.269 e. The molecule has 2 aromatic carbocycles. The minimum absolute atomic E-state index is 0.158. The molecule has 7 heteroatoms. The Morgan fingerprint density at radius 2 is 1.92 bits per heavy atom. The summed E-state index contributed by atoms with van der Waals surface area (Å²) < 4.78 is 17.1. The summed E-state index contributed by atoms with van der Waals surface area (Å²) in [7, 11) is 1.50. The van der Waals surface area contributed by atoms with Crippen molar-refractivity contribution in [2.45, 2.75) is 6.92 Å². The first-order valence-corrected chi connectivity index (χ1v) is 8.64. The summed E-state index contributed by atoms with van der Waals surface area (Å²) >= 11 is 3.39. The van der Waals surface area contributed by atoms with E-state index in [9.17, 15) is 9.59 Å². The highest BCUT2D eigenvalue weighted by Crippen LogP contribution is 2.43. The van der Waals surface area contributed by atoms with E-state index in [1.54, 1.807) is 30.3 Å². The number of rotatable bonds is 2. The van der Waals surface area contributed by atoms with Gasteiger partial charge in [0, 0.05) is 22.5 Å². The van der Waals surface area contributed by atoms with Crippen molar-refractivity contribution in [1.29, 1.82) is 0 Å². The van der Waals surface area contributed by atoms with Crippen LogP contribution in [0.3, 0.4) is 0 Å². The van der Waals surface area contributed by atoms with Crippen LogP contribution in [0.2, 0.25) is 0 Å². The van der Waals surface area contributed by atoms with E-state index in [0.29, 0.717) is 39.6 Å². The van der Waals surface area contributed by atoms with E-state index >= 15 is 0 Å². The zero-order valence-corrected chi connectivity index (χ0v) is 15.6. The highest BCUT2D eigenvalue weighted by Gasteiger charge is 2.38. The van der Waals surface area contributed by atoms with Crippen LogP contribution in [0, 0.1) is 0 Å². The molecule has 0 unspecified atom stereocenters. The van der Waals surface area contributed by atoms with Gasteiger partial charge in [0.15, 0.2) is 11.5 Å². The van der Waals surface area contributed by atoms with Crippen LogP contribution in [0.5, 0.6) is 11.5 Å². The van der Waals surface area contributed by atoms with Crippen LogP contribution in [0.4, 0.5) is 5.69 Å². The Morgan fingerprint density at radius 1 is 1.15 bits per heavy atom. The van der Waals surface area contributed by atoms with E-state index in [4.69, 9.17) is 14.2 Å². The Balaban J connectivity index is 1.94. The monoisotopic (exact) mass is 415 g/mol. The summed E-state index contributed by atoms with van der Waals surface area (Å²) in [4.78, 5) is 26.2. The third-order valence-corrected chi connectivity index (χ3v) is 4.76. The first-order chi connectivity index (χ1) is 12.5. The van der Waals surface area contributed by atoms with Gasteiger partial charge in [-0.1, -0.05) is 22.0 Å². The van der Waals surface area contributed by atoms with Crippen LogP contribution < -0.4 is 14.4 Å². The molecule has 0 atom stereocenters. The van der Waals surface area contributed by atoms with Crippen LogP contribution in [-0.2, 0) is 14.3 Å². The maximum absolute atomic E-state index is 13.0. The van der Waals surface area contributed by atoms with E-state index in [-0.39, 0.29) is 12.7 Å². The summed E-state index contributed by atoms with van der Waals surface area (Å²) in [5, 5.41) is 0. The summed E-state index contributed by atoms with van der Waals surface area (Å²) in [6.07, 6.45) is 0. The van der Waals surface area contributed by atoms with Gasteiger partial charge in [0.1, 0.15) is 5.76 Å². The molecule has 132 valence electrons. The van der Waals surface area contributed by atoms with Crippen molar-refractivity contribution in [2.75, 3.05) is 18.8 Å². The number of benzene rings is 2. The fourth-order valence-corrected chi connectivity index (χ4v) is 3.52. The second kappa shape index (κ2) is 6.17. The molecular weight excluding hydrogens is 402 g/mol. The Labute approximate surface area is 158 Å². The van der Waals surface area contributed by atoms with E-state index in [1.165, 1.54) is 14.0 Å². The molecule has 0 fully saturated rings. The molecule has 0 saturated carbocycles. The number of halogens is 1. The zero-order valence-electron chi connectivity index (χ0n) is 14.0. The summed E-state index contributed by atoms with van der Waals surface area (Å²) in [6.45, 7) is 1.52. The molecule has 4 rings (SSSR count). The molecule has 6 nitrogen and oxygen atoms in total. The molecule has 0 spiro atoms. The number of ether oxygens (including phenoxy) is 3. The molecule has 2 amide bonds. The molecular formula is C19H14BrNO5. The molecule has 0 radical (unpaired) electrons. The van der Waals surface area contributed by atoms with Gasteiger partial charge in [-0.3, -0.25) is 9.59 Å². The zero-order chi connectivity index (χ0) is 18.4. The Hall–Kier alpha value is -2.80. The fraction of sp³-hybridized carbons (Fsp3) is 0.158. The molecule has 26 heavy (non-hydrogen) atoms. The molecule has 2 heterocycles. The summed E-state index contributed by atoms with van der Waals surface area (Å²) in [5.41, 5.74) is 2.17. The number of carbonyl (C=O) groups excluding carboxylic acids is 2.